The molecule has 0 saturated heterocycles. The zero-order valence-corrected chi connectivity index (χ0v) is 11.2. The Labute approximate surface area is 116 Å². The third kappa shape index (κ3) is 2.14. The van der Waals surface area contributed by atoms with E-state index in [-0.39, 0.29) is 13.1 Å². The van der Waals surface area contributed by atoms with Crippen molar-refractivity contribution in [3.05, 3.63) is 28.8 Å². The van der Waals surface area contributed by atoms with Gasteiger partial charge in [-0.25, -0.2) is 0 Å². The van der Waals surface area contributed by atoms with Crippen molar-refractivity contribution < 1.29 is 14.4 Å². The first kappa shape index (κ1) is 13.7. The number of nitrogens with zero attached hydrogens (tertiary/aromatic N) is 2. The first-order valence-electron chi connectivity index (χ1n) is 6.07. The van der Waals surface area contributed by atoms with Gasteiger partial charge in [0.25, 0.3) is 11.7 Å². The molecule has 0 spiro atoms. The van der Waals surface area contributed by atoms with E-state index in [1.165, 1.54) is 4.90 Å². The van der Waals surface area contributed by atoms with Crippen molar-refractivity contribution in [2.75, 3.05) is 18.0 Å². The maximum Gasteiger partial charge on any atom is 0.299 e. The summed E-state index contributed by atoms with van der Waals surface area (Å²) >= 11 is 0. The molecule has 0 radical (unpaired) electrons. The fourth-order valence-electron chi connectivity index (χ4n) is 2.25. The smallest absolute Gasteiger partial charge is 0.299 e. The summed E-state index contributed by atoms with van der Waals surface area (Å²) in [4.78, 5) is 36.8. The molecule has 6 nitrogen and oxygen atoms in total. The molecule has 0 atom stereocenters. The van der Waals surface area contributed by atoms with Gasteiger partial charge in [0, 0.05) is 0 Å². The number of nitrogens with one attached hydrogen (secondary N) is 1. The standard InChI is InChI=1S/C14H13N3O3/c1-8-3-4-9(2)12-11(8)13(19)14(20)17(12)7-10(18)16-6-5-15/h3-4H,6-7H2,1-2H3,(H,16,18). The van der Waals surface area contributed by atoms with Crippen LogP contribution in [0.3, 0.4) is 0 Å². The number of rotatable bonds is 3. The number of carbonyl (C=O) groups is 3. The minimum absolute atomic E-state index is 0.130. The topological polar surface area (TPSA) is 90.3 Å². The van der Waals surface area contributed by atoms with E-state index >= 15 is 0 Å². The van der Waals surface area contributed by atoms with E-state index in [0.29, 0.717) is 16.8 Å². The molecule has 0 fully saturated rings. The van der Waals surface area contributed by atoms with Gasteiger partial charge >= 0.3 is 0 Å². The predicted molar refractivity (Wildman–Crippen MR) is 71.2 cm³/mol. The van der Waals surface area contributed by atoms with Crippen LogP contribution >= 0.6 is 0 Å². The molecule has 0 unspecified atom stereocenters. The first-order chi connectivity index (χ1) is 9.47. The lowest BCUT2D eigenvalue weighted by Crippen LogP contribution is -2.40. The highest BCUT2D eigenvalue weighted by molar-refractivity contribution is 6.53. The molecule has 1 aromatic rings. The zero-order chi connectivity index (χ0) is 14.9. The molecular weight excluding hydrogens is 258 g/mol. The van der Waals surface area contributed by atoms with Gasteiger partial charge in [-0.3, -0.25) is 19.3 Å². The molecule has 6 heteroatoms. The van der Waals surface area contributed by atoms with Gasteiger partial charge < -0.3 is 5.32 Å². The molecule has 1 heterocycles. The van der Waals surface area contributed by atoms with E-state index < -0.39 is 17.6 Å². The fraction of sp³-hybridized carbons (Fsp3) is 0.286. The summed E-state index contributed by atoms with van der Waals surface area (Å²) in [5.41, 5.74) is 2.33. The number of ketones is 1. The number of fused-ring (bicyclic) bond motifs is 1. The van der Waals surface area contributed by atoms with Gasteiger partial charge in [0.05, 0.1) is 17.3 Å². The Hall–Kier alpha value is -2.68. The van der Waals surface area contributed by atoms with Crippen LogP contribution in [0.5, 0.6) is 0 Å². The second-order valence-corrected chi connectivity index (χ2v) is 4.58. The predicted octanol–water partition coefficient (Wildman–Crippen LogP) is 0.473. The summed E-state index contributed by atoms with van der Waals surface area (Å²) in [7, 11) is 0. The van der Waals surface area contributed by atoms with Gasteiger partial charge in [-0.15, -0.1) is 0 Å². The van der Waals surface area contributed by atoms with Gasteiger partial charge in [-0.2, -0.15) is 5.26 Å². The summed E-state index contributed by atoms with van der Waals surface area (Å²) in [6.07, 6.45) is 0. The molecule has 1 N–H and O–H groups in total. The Balaban J connectivity index is 2.36. The zero-order valence-electron chi connectivity index (χ0n) is 11.2. The van der Waals surface area contributed by atoms with Crippen molar-refractivity contribution in [3.63, 3.8) is 0 Å². The maximum absolute atomic E-state index is 12.0. The lowest BCUT2D eigenvalue weighted by molar-refractivity contribution is -0.121. The van der Waals surface area contributed by atoms with Crippen molar-refractivity contribution >= 4 is 23.3 Å². The number of carbonyl (C=O) groups excluding carboxylic acids is 3. The van der Waals surface area contributed by atoms with Crippen molar-refractivity contribution in [3.8, 4) is 6.07 Å². The molecule has 2 rings (SSSR count). The molecule has 102 valence electrons. The average molecular weight is 271 g/mol. The van der Waals surface area contributed by atoms with Crippen LogP contribution < -0.4 is 10.2 Å². The third-order valence-corrected chi connectivity index (χ3v) is 3.19. The highest BCUT2D eigenvalue weighted by Gasteiger charge is 2.38. The average Bonchev–Trinajstić information content (AvgIpc) is 2.67. The summed E-state index contributed by atoms with van der Waals surface area (Å²) < 4.78 is 0. The second kappa shape index (κ2) is 5.13. The maximum atomic E-state index is 12.0. The molecule has 20 heavy (non-hydrogen) atoms. The highest BCUT2D eigenvalue weighted by atomic mass is 16.2. The normalized spacial score (nSPS) is 13.2. The summed E-state index contributed by atoms with van der Waals surface area (Å²) in [6.45, 7) is 3.14. The van der Waals surface area contributed by atoms with Crippen molar-refractivity contribution in [1.29, 1.82) is 5.26 Å². The molecule has 0 saturated carbocycles. The number of hydrogen-bond donors (Lipinski definition) is 1. The molecule has 0 aromatic heterocycles. The summed E-state index contributed by atoms with van der Waals surface area (Å²) in [5.74, 6) is -1.76. The molecule has 0 aliphatic carbocycles. The van der Waals surface area contributed by atoms with Crippen LogP contribution in [0.1, 0.15) is 21.5 Å². The number of Topliss-reactive ketones (excluding diaryl/α,β-unsaturated/α-hetero) is 1. The molecule has 1 aliphatic heterocycles. The lowest BCUT2D eigenvalue weighted by Gasteiger charge is -2.18. The van der Waals surface area contributed by atoms with E-state index in [9.17, 15) is 14.4 Å². The molecule has 1 aromatic carbocycles. The van der Waals surface area contributed by atoms with Gasteiger partial charge in [-0.05, 0) is 25.0 Å². The van der Waals surface area contributed by atoms with Crippen molar-refractivity contribution in [1.82, 2.24) is 5.32 Å². The van der Waals surface area contributed by atoms with E-state index in [4.69, 9.17) is 5.26 Å². The third-order valence-electron chi connectivity index (χ3n) is 3.19. The van der Waals surface area contributed by atoms with Crippen LogP contribution in [-0.2, 0) is 9.59 Å². The summed E-state index contributed by atoms with van der Waals surface area (Å²) in [5, 5.41) is 10.8. The molecule has 2 amide bonds. The molecular formula is C14H13N3O3. The van der Waals surface area contributed by atoms with Crippen LogP contribution in [0.4, 0.5) is 5.69 Å². The van der Waals surface area contributed by atoms with Crippen molar-refractivity contribution in [2.24, 2.45) is 0 Å². The Morgan fingerprint density at radius 3 is 2.60 bits per heavy atom. The van der Waals surface area contributed by atoms with Crippen LogP contribution in [0.25, 0.3) is 0 Å². The van der Waals surface area contributed by atoms with Gasteiger partial charge in [-0.1, -0.05) is 12.1 Å². The van der Waals surface area contributed by atoms with E-state index in [2.05, 4.69) is 5.32 Å². The monoisotopic (exact) mass is 271 g/mol. The highest BCUT2D eigenvalue weighted by Crippen LogP contribution is 2.34. The largest absolute Gasteiger partial charge is 0.341 e. The SMILES string of the molecule is Cc1ccc(C)c2c1C(=O)C(=O)N2CC(=O)NCC#N. The van der Waals surface area contributed by atoms with Gasteiger partial charge in [0.15, 0.2) is 0 Å². The van der Waals surface area contributed by atoms with Crippen LogP contribution in [-0.4, -0.2) is 30.7 Å². The number of anilines is 1. The van der Waals surface area contributed by atoms with Crippen LogP contribution in [0.15, 0.2) is 12.1 Å². The Kier molecular flexibility index (Phi) is 3.53. The van der Waals surface area contributed by atoms with E-state index in [1.807, 2.05) is 0 Å². The summed E-state index contributed by atoms with van der Waals surface area (Å²) in [6, 6.07) is 5.36. The second-order valence-electron chi connectivity index (χ2n) is 4.58. The number of amides is 2. The minimum Gasteiger partial charge on any atom is -0.341 e. The number of aryl methyl sites for hydroxylation is 2. The lowest BCUT2D eigenvalue weighted by atomic mass is 10.0. The van der Waals surface area contributed by atoms with E-state index in [1.54, 1.807) is 32.0 Å². The Bertz CT molecular complexity index is 658. The van der Waals surface area contributed by atoms with Crippen molar-refractivity contribution in [2.45, 2.75) is 13.8 Å². The molecule has 0 bridgehead atoms. The first-order valence-corrected chi connectivity index (χ1v) is 6.07. The minimum atomic E-state index is -0.704. The Morgan fingerprint density at radius 2 is 1.95 bits per heavy atom. The fourth-order valence-corrected chi connectivity index (χ4v) is 2.25. The quantitative estimate of drug-likeness (QED) is 0.639. The van der Waals surface area contributed by atoms with Crippen LogP contribution in [0.2, 0.25) is 0 Å². The molecule has 1 aliphatic rings. The van der Waals surface area contributed by atoms with Crippen LogP contribution in [0, 0.1) is 25.2 Å². The number of hydrogen-bond acceptors (Lipinski definition) is 4. The number of benzene rings is 1. The van der Waals surface area contributed by atoms with E-state index in [0.717, 1.165) is 5.56 Å². The van der Waals surface area contributed by atoms with Gasteiger partial charge in [0.2, 0.25) is 5.91 Å². The number of nitriles is 1. The van der Waals surface area contributed by atoms with Gasteiger partial charge in [0.1, 0.15) is 13.1 Å². The Morgan fingerprint density at radius 1 is 1.30 bits per heavy atom.